The van der Waals surface area contributed by atoms with Crippen LogP contribution in [0.15, 0.2) is 48.8 Å². The van der Waals surface area contributed by atoms with Gasteiger partial charge in [-0.15, -0.1) is 0 Å². The lowest BCUT2D eigenvalue weighted by Gasteiger charge is -2.49. The number of hydrogen-bond donors (Lipinski definition) is 0. The third-order valence-electron chi connectivity index (χ3n) is 7.23. The maximum atomic E-state index is 13.6. The topological polar surface area (TPSA) is 56.0 Å². The van der Waals surface area contributed by atoms with Crippen LogP contribution in [0.1, 0.15) is 48.8 Å². The Labute approximate surface area is 214 Å². The molecule has 2 aliphatic rings. The van der Waals surface area contributed by atoms with Crippen molar-refractivity contribution in [3.8, 4) is 22.4 Å². The van der Waals surface area contributed by atoms with Gasteiger partial charge in [0.1, 0.15) is 6.29 Å². The molecule has 0 saturated carbocycles. The summed E-state index contributed by atoms with van der Waals surface area (Å²) in [7, 11) is 3.64. The van der Waals surface area contributed by atoms with Crippen LogP contribution in [-0.2, 0) is 20.5 Å². The van der Waals surface area contributed by atoms with Gasteiger partial charge in [-0.05, 0) is 43.0 Å². The van der Waals surface area contributed by atoms with Crippen LogP contribution in [0.25, 0.3) is 22.4 Å². The molecule has 0 bridgehead atoms. The predicted octanol–water partition coefficient (Wildman–Crippen LogP) is 5.73. The van der Waals surface area contributed by atoms with Crippen LogP contribution in [0, 0.1) is 17.5 Å². The van der Waals surface area contributed by atoms with Crippen molar-refractivity contribution >= 4 is 6.29 Å². The van der Waals surface area contributed by atoms with E-state index in [2.05, 4.69) is 22.0 Å². The number of rotatable bonds is 4. The molecule has 2 aliphatic heterocycles. The Balaban J connectivity index is 0.000000193. The second-order valence-electron chi connectivity index (χ2n) is 9.54. The van der Waals surface area contributed by atoms with E-state index in [0.29, 0.717) is 22.9 Å². The molecule has 4 aromatic rings. The Hall–Kier alpha value is -3.72. The number of aryl methyl sites for hydroxylation is 2. The molecule has 194 valence electrons. The van der Waals surface area contributed by atoms with E-state index < -0.39 is 17.5 Å². The standard InChI is InChI=1S/C17H18F3N3.C11H10N2O.H2/c1-3-14-16-11(8-10-4-5-23(10)14)17(22(2)21-16)9-6-12(18)15(20)13(19)7-9;1-13-7-11(6-12-13)10-4-2-3-9(5-10)8-14;/h6-7,10,14H,3-5,8H2,1-2H3;2-8H,1H3;1H/t10-,14?;;/m1../s1. The van der Waals surface area contributed by atoms with Crippen LogP contribution in [0.5, 0.6) is 0 Å². The molecular weight excluding hydrogens is 479 g/mol. The van der Waals surface area contributed by atoms with Crippen molar-refractivity contribution in [2.24, 2.45) is 14.1 Å². The number of benzene rings is 2. The molecule has 2 aromatic carbocycles. The Bertz CT molecular complexity index is 1440. The van der Waals surface area contributed by atoms with Gasteiger partial charge in [0.25, 0.3) is 0 Å². The van der Waals surface area contributed by atoms with E-state index >= 15 is 0 Å². The summed E-state index contributed by atoms with van der Waals surface area (Å²) in [5, 5.41) is 8.69. The van der Waals surface area contributed by atoms with Gasteiger partial charge in [-0.3, -0.25) is 19.1 Å². The van der Waals surface area contributed by atoms with Gasteiger partial charge in [0.2, 0.25) is 0 Å². The summed E-state index contributed by atoms with van der Waals surface area (Å²) < 4.78 is 43.9. The zero-order chi connectivity index (χ0) is 26.3. The molecule has 1 fully saturated rings. The van der Waals surface area contributed by atoms with E-state index in [0.717, 1.165) is 66.6 Å². The highest BCUT2D eigenvalue weighted by Crippen LogP contribution is 2.43. The van der Waals surface area contributed by atoms with Crippen molar-refractivity contribution in [2.45, 2.75) is 38.3 Å². The van der Waals surface area contributed by atoms with Gasteiger partial charge in [-0.1, -0.05) is 25.1 Å². The summed E-state index contributed by atoms with van der Waals surface area (Å²) in [5.74, 6) is -3.76. The highest BCUT2D eigenvalue weighted by molar-refractivity contribution is 5.78. The van der Waals surface area contributed by atoms with Crippen molar-refractivity contribution in [1.29, 1.82) is 0 Å². The number of aldehydes is 1. The van der Waals surface area contributed by atoms with Gasteiger partial charge in [-0.2, -0.15) is 10.2 Å². The number of carbonyl (C=O) groups is 1. The molecule has 0 aliphatic carbocycles. The van der Waals surface area contributed by atoms with E-state index in [1.54, 1.807) is 28.7 Å². The molecule has 4 heterocycles. The SMILES string of the molecule is CCC1c2nn(C)c(-c3cc(F)c(F)c(F)c3)c2C[C@H]2CCN12.Cn1cc(-c2cccc(C=O)c2)cn1.[HH]. The Morgan fingerprint density at radius 2 is 1.84 bits per heavy atom. The summed E-state index contributed by atoms with van der Waals surface area (Å²) in [6, 6.07) is 10.3. The van der Waals surface area contributed by atoms with Gasteiger partial charge >= 0.3 is 0 Å². The van der Waals surface area contributed by atoms with Crippen molar-refractivity contribution in [2.75, 3.05) is 6.54 Å². The van der Waals surface area contributed by atoms with Crippen molar-refractivity contribution in [3.05, 3.63) is 83.1 Å². The van der Waals surface area contributed by atoms with Crippen LogP contribution >= 0.6 is 0 Å². The van der Waals surface area contributed by atoms with Crippen LogP contribution in [0.4, 0.5) is 13.2 Å². The fourth-order valence-corrected chi connectivity index (χ4v) is 5.38. The summed E-state index contributed by atoms with van der Waals surface area (Å²) >= 11 is 0. The van der Waals surface area contributed by atoms with Gasteiger partial charge < -0.3 is 0 Å². The maximum absolute atomic E-state index is 13.6. The maximum Gasteiger partial charge on any atom is 0.194 e. The van der Waals surface area contributed by atoms with Gasteiger partial charge in [0.05, 0.1) is 23.6 Å². The normalized spacial score (nSPS) is 18.3. The van der Waals surface area contributed by atoms with Crippen LogP contribution in [-0.4, -0.2) is 43.3 Å². The third-order valence-corrected chi connectivity index (χ3v) is 7.23. The second kappa shape index (κ2) is 9.97. The molecule has 6 nitrogen and oxygen atoms in total. The first-order chi connectivity index (χ1) is 17.8. The lowest BCUT2D eigenvalue weighted by atomic mass is 9.83. The summed E-state index contributed by atoms with van der Waals surface area (Å²) in [5.41, 5.74) is 5.81. The smallest absolute Gasteiger partial charge is 0.194 e. The average Bonchev–Trinajstić information content (AvgIpc) is 3.46. The van der Waals surface area contributed by atoms with Gasteiger partial charge in [0.15, 0.2) is 17.5 Å². The van der Waals surface area contributed by atoms with Crippen LogP contribution in [0.2, 0.25) is 0 Å². The first-order valence-corrected chi connectivity index (χ1v) is 12.3. The Morgan fingerprint density at radius 1 is 1.08 bits per heavy atom. The number of hydrogen-bond acceptors (Lipinski definition) is 4. The summed E-state index contributed by atoms with van der Waals surface area (Å²) in [4.78, 5) is 13.0. The van der Waals surface area contributed by atoms with E-state index in [1.807, 2.05) is 31.4 Å². The fraction of sp³-hybridized carbons (Fsp3) is 0.321. The zero-order valence-corrected chi connectivity index (χ0v) is 21.0. The monoisotopic (exact) mass is 509 g/mol. The molecule has 2 aromatic heterocycles. The molecule has 2 atom stereocenters. The van der Waals surface area contributed by atoms with Crippen LogP contribution in [0.3, 0.4) is 0 Å². The zero-order valence-electron chi connectivity index (χ0n) is 21.0. The molecule has 1 unspecified atom stereocenters. The minimum absolute atomic E-state index is 0. The molecule has 9 heteroatoms. The third kappa shape index (κ3) is 4.59. The Kier molecular flexibility index (Phi) is 6.72. The second-order valence-corrected chi connectivity index (χ2v) is 9.54. The summed E-state index contributed by atoms with van der Waals surface area (Å²) in [6.07, 6.45) is 7.46. The highest BCUT2D eigenvalue weighted by atomic mass is 19.2. The molecular formula is C28H30F3N5O. The summed E-state index contributed by atoms with van der Waals surface area (Å²) in [6.45, 7) is 3.20. The lowest BCUT2D eigenvalue weighted by molar-refractivity contribution is 0.0246. The van der Waals surface area contributed by atoms with Gasteiger partial charge in [-0.25, -0.2) is 13.2 Å². The van der Waals surface area contributed by atoms with Crippen molar-refractivity contribution in [1.82, 2.24) is 24.5 Å². The number of nitrogens with zero attached hydrogens (tertiary/aromatic N) is 5. The van der Waals surface area contributed by atoms with Crippen molar-refractivity contribution < 1.29 is 19.4 Å². The first-order valence-electron chi connectivity index (χ1n) is 12.3. The number of aromatic nitrogens is 4. The Morgan fingerprint density at radius 3 is 2.43 bits per heavy atom. The minimum Gasteiger partial charge on any atom is -0.298 e. The minimum atomic E-state index is -1.43. The quantitative estimate of drug-likeness (QED) is 0.260. The number of fused-ring (bicyclic) bond motifs is 2. The predicted molar refractivity (Wildman–Crippen MR) is 137 cm³/mol. The van der Waals surface area contributed by atoms with E-state index in [-0.39, 0.29) is 7.47 Å². The fourth-order valence-electron chi connectivity index (χ4n) is 5.38. The number of halogens is 3. The molecule has 0 N–H and O–H groups in total. The van der Waals surface area contributed by atoms with Gasteiger partial charge in [0, 0.05) is 56.6 Å². The van der Waals surface area contributed by atoms with Crippen LogP contribution < -0.4 is 0 Å². The van der Waals surface area contributed by atoms with E-state index in [4.69, 9.17) is 0 Å². The lowest BCUT2D eigenvalue weighted by Crippen LogP contribution is -2.53. The molecule has 6 rings (SSSR count). The highest BCUT2D eigenvalue weighted by Gasteiger charge is 2.42. The molecule has 0 spiro atoms. The first kappa shape index (κ1) is 25.0. The van der Waals surface area contributed by atoms with Crippen molar-refractivity contribution in [3.63, 3.8) is 0 Å². The molecule has 0 radical (unpaired) electrons. The number of carbonyl (C=O) groups excluding carboxylic acids is 1. The van der Waals surface area contributed by atoms with E-state index in [1.165, 1.54) is 0 Å². The molecule has 37 heavy (non-hydrogen) atoms. The molecule has 1 saturated heterocycles. The largest absolute Gasteiger partial charge is 0.298 e. The average molecular weight is 510 g/mol. The van der Waals surface area contributed by atoms with E-state index in [9.17, 15) is 18.0 Å². The molecule has 0 amide bonds.